The number of methoxy groups -OCH3 is 2. The molecule has 1 aromatic carbocycles. The third kappa shape index (κ3) is 3.06. The number of fused-ring (bicyclic) bond motifs is 3. The second-order valence-electron chi connectivity index (χ2n) is 6.30. The Morgan fingerprint density at radius 1 is 1.19 bits per heavy atom. The van der Waals surface area contributed by atoms with Crippen LogP contribution in [-0.4, -0.2) is 29.5 Å². The number of nitrogens with one attached hydrogen (secondary N) is 1. The number of carbonyl (C=O) groups is 1. The second-order valence-corrected chi connectivity index (χ2v) is 7.36. The lowest BCUT2D eigenvalue weighted by molar-refractivity contribution is 0.102. The predicted octanol–water partition coefficient (Wildman–Crippen LogP) is 2.90. The van der Waals surface area contributed by atoms with Gasteiger partial charge in [-0.05, 0) is 43.9 Å². The maximum Gasteiger partial charge on any atom is 0.282 e. The Morgan fingerprint density at radius 2 is 1.96 bits per heavy atom. The van der Waals surface area contributed by atoms with Gasteiger partial charge >= 0.3 is 0 Å². The zero-order chi connectivity index (χ0) is 19.0. The standard InChI is InChI=1S/C19H19N3O4S/c1-25-14-8-7-11(9-15(14)26-2)17(23)21-12-10-20-19-22(18(12)24)13-5-3-4-6-16(13)27-19/h7-10H,3-6H2,1-2H3,(H,21,23). The van der Waals surface area contributed by atoms with Gasteiger partial charge in [-0.25, -0.2) is 4.98 Å². The number of rotatable bonds is 4. The summed E-state index contributed by atoms with van der Waals surface area (Å²) in [5.74, 6) is 0.573. The quantitative estimate of drug-likeness (QED) is 0.747. The van der Waals surface area contributed by atoms with E-state index >= 15 is 0 Å². The third-order valence-corrected chi connectivity index (χ3v) is 5.85. The maximum absolute atomic E-state index is 12.9. The summed E-state index contributed by atoms with van der Waals surface area (Å²) in [6, 6.07) is 4.84. The fourth-order valence-electron chi connectivity index (χ4n) is 3.33. The summed E-state index contributed by atoms with van der Waals surface area (Å²) in [6.07, 6.45) is 5.48. The van der Waals surface area contributed by atoms with Gasteiger partial charge < -0.3 is 14.8 Å². The number of anilines is 1. The number of ether oxygens (including phenoxy) is 2. The van der Waals surface area contributed by atoms with Crippen LogP contribution in [0.3, 0.4) is 0 Å². The van der Waals surface area contributed by atoms with E-state index in [4.69, 9.17) is 9.47 Å². The van der Waals surface area contributed by atoms with E-state index in [0.29, 0.717) is 22.0 Å². The largest absolute Gasteiger partial charge is 0.493 e. The molecule has 7 nitrogen and oxygen atoms in total. The molecule has 2 heterocycles. The van der Waals surface area contributed by atoms with E-state index in [-0.39, 0.29) is 11.2 Å². The lowest BCUT2D eigenvalue weighted by Gasteiger charge is -2.11. The molecule has 0 atom stereocenters. The number of hydrogen-bond donors (Lipinski definition) is 1. The molecule has 8 heteroatoms. The highest BCUT2D eigenvalue weighted by Gasteiger charge is 2.20. The van der Waals surface area contributed by atoms with Crippen molar-refractivity contribution in [3.05, 3.63) is 50.9 Å². The van der Waals surface area contributed by atoms with Crippen molar-refractivity contribution in [1.29, 1.82) is 0 Å². The van der Waals surface area contributed by atoms with Crippen LogP contribution in [0.4, 0.5) is 5.69 Å². The molecular formula is C19H19N3O4S. The molecule has 1 amide bonds. The van der Waals surface area contributed by atoms with Gasteiger partial charge in [0.25, 0.3) is 11.5 Å². The molecule has 0 bridgehead atoms. The first-order valence-corrected chi connectivity index (χ1v) is 9.49. The Hall–Kier alpha value is -2.87. The van der Waals surface area contributed by atoms with E-state index in [1.165, 1.54) is 25.3 Å². The third-order valence-electron chi connectivity index (χ3n) is 4.70. The number of benzene rings is 1. The van der Waals surface area contributed by atoms with Crippen LogP contribution in [-0.2, 0) is 12.8 Å². The normalized spacial score (nSPS) is 13.3. The summed E-state index contributed by atoms with van der Waals surface area (Å²) in [6.45, 7) is 0. The van der Waals surface area contributed by atoms with Crippen molar-refractivity contribution in [2.75, 3.05) is 19.5 Å². The van der Waals surface area contributed by atoms with Gasteiger partial charge in [-0.1, -0.05) is 0 Å². The van der Waals surface area contributed by atoms with Gasteiger partial charge in [0, 0.05) is 16.1 Å². The highest BCUT2D eigenvalue weighted by molar-refractivity contribution is 7.17. The fourth-order valence-corrected chi connectivity index (χ4v) is 4.49. The highest BCUT2D eigenvalue weighted by atomic mass is 32.1. The van der Waals surface area contributed by atoms with Crippen molar-refractivity contribution in [2.45, 2.75) is 25.7 Å². The number of hydrogen-bond acceptors (Lipinski definition) is 6. The van der Waals surface area contributed by atoms with Gasteiger partial charge in [0.05, 0.1) is 20.4 Å². The van der Waals surface area contributed by atoms with E-state index in [2.05, 4.69) is 10.3 Å². The van der Waals surface area contributed by atoms with Gasteiger partial charge in [0.2, 0.25) is 0 Å². The maximum atomic E-state index is 12.9. The Kier molecular flexibility index (Phi) is 4.57. The van der Waals surface area contributed by atoms with Crippen molar-refractivity contribution in [2.24, 2.45) is 0 Å². The minimum absolute atomic E-state index is 0.165. The van der Waals surface area contributed by atoms with E-state index in [1.54, 1.807) is 33.9 Å². The van der Waals surface area contributed by atoms with Gasteiger partial charge in [-0.3, -0.25) is 14.0 Å². The molecule has 0 saturated heterocycles. The Balaban J connectivity index is 1.68. The number of thiazole rings is 1. The molecule has 0 saturated carbocycles. The van der Waals surface area contributed by atoms with Gasteiger partial charge in [0.15, 0.2) is 16.5 Å². The van der Waals surface area contributed by atoms with Gasteiger partial charge in [0.1, 0.15) is 5.69 Å². The summed E-state index contributed by atoms with van der Waals surface area (Å²) in [5.41, 5.74) is 1.32. The van der Waals surface area contributed by atoms with Crippen LogP contribution in [0.2, 0.25) is 0 Å². The van der Waals surface area contributed by atoms with E-state index in [9.17, 15) is 9.59 Å². The van der Waals surface area contributed by atoms with Crippen molar-refractivity contribution < 1.29 is 14.3 Å². The van der Waals surface area contributed by atoms with Gasteiger partial charge in [-0.15, -0.1) is 11.3 Å². The van der Waals surface area contributed by atoms with Crippen molar-refractivity contribution >= 4 is 27.9 Å². The number of aromatic nitrogens is 2. The van der Waals surface area contributed by atoms with E-state index in [1.807, 2.05) is 0 Å². The fraction of sp³-hybridized carbons (Fsp3) is 0.316. The molecule has 0 aliphatic heterocycles. The predicted molar refractivity (Wildman–Crippen MR) is 103 cm³/mol. The summed E-state index contributed by atoms with van der Waals surface area (Å²) >= 11 is 1.56. The first kappa shape index (κ1) is 17.5. The summed E-state index contributed by atoms with van der Waals surface area (Å²) in [7, 11) is 3.03. The molecule has 1 aliphatic rings. The van der Waals surface area contributed by atoms with Crippen LogP contribution in [0.1, 0.15) is 33.8 Å². The summed E-state index contributed by atoms with van der Waals surface area (Å²) in [5, 5.41) is 2.68. The average molecular weight is 385 g/mol. The zero-order valence-electron chi connectivity index (χ0n) is 15.1. The monoisotopic (exact) mass is 385 g/mol. The summed E-state index contributed by atoms with van der Waals surface area (Å²) in [4.78, 5) is 31.8. The zero-order valence-corrected chi connectivity index (χ0v) is 15.9. The minimum Gasteiger partial charge on any atom is -0.493 e. The van der Waals surface area contributed by atoms with Crippen LogP contribution in [0.15, 0.2) is 29.2 Å². The smallest absolute Gasteiger partial charge is 0.282 e. The number of carbonyl (C=O) groups excluding carboxylic acids is 1. The molecule has 0 fully saturated rings. The molecule has 2 aromatic heterocycles. The molecule has 3 aromatic rings. The van der Waals surface area contributed by atoms with Crippen LogP contribution >= 0.6 is 11.3 Å². The molecule has 1 N–H and O–H groups in total. The topological polar surface area (TPSA) is 81.9 Å². The lowest BCUT2D eigenvalue weighted by atomic mass is 10.0. The molecule has 4 rings (SSSR count). The SMILES string of the molecule is COc1ccc(C(=O)Nc2cnc3sc4c(n3c2=O)CCCC4)cc1OC. The van der Waals surface area contributed by atoms with Crippen molar-refractivity contribution in [1.82, 2.24) is 9.38 Å². The lowest BCUT2D eigenvalue weighted by Crippen LogP contribution is -2.24. The van der Waals surface area contributed by atoms with Crippen LogP contribution in [0.5, 0.6) is 11.5 Å². The van der Waals surface area contributed by atoms with Crippen LogP contribution < -0.4 is 20.3 Å². The van der Waals surface area contributed by atoms with Crippen molar-refractivity contribution in [3.8, 4) is 11.5 Å². The Morgan fingerprint density at radius 3 is 2.74 bits per heavy atom. The average Bonchev–Trinajstić information content (AvgIpc) is 3.08. The Labute approximate surface area is 159 Å². The first-order valence-electron chi connectivity index (χ1n) is 8.68. The molecule has 0 unspecified atom stereocenters. The van der Waals surface area contributed by atoms with E-state index < -0.39 is 5.91 Å². The second kappa shape index (κ2) is 7.03. The Bertz CT molecular complexity index is 1090. The van der Waals surface area contributed by atoms with Gasteiger partial charge in [-0.2, -0.15) is 0 Å². The van der Waals surface area contributed by atoms with E-state index in [0.717, 1.165) is 31.4 Å². The molecule has 0 spiro atoms. The molecule has 140 valence electrons. The number of amides is 1. The minimum atomic E-state index is -0.404. The first-order chi connectivity index (χ1) is 13.1. The van der Waals surface area contributed by atoms with Crippen molar-refractivity contribution in [3.63, 3.8) is 0 Å². The summed E-state index contributed by atoms with van der Waals surface area (Å²) < 4.78 is 12.1. The van der Waals surface area contributed by atoms with Crippen LogP contribution in [0, 0.1) is 0 Å². The molecule has 27 heavy (non-hydrogen) atoms. The molecular weight excluding hydrogens is 366 g/mol. The molecule has 1 aliphatic carbocycles. The van der Waals surface area contributed by atoms with Crippen LogP contribution in [0.25, 0.3) is 4.96 Å². The molecule has 0 radical (unpaired) electrons. The highest BCUT2D eigenvalue weighted by Crippen LogP contribution is 2.29. The number of aryl methyl sites for hydroxylation is 2. The number of nitrogens with zero attached hydrogens (tertiary/aromatic N) is 2.